The second kappa shape index (κ2) is 1.46. The predicted octanol–water partition coefficient (Wildman–Crippen LogP) is -0.174. The van der Waals surface area contributed by atoms with Crippen molar-refractivity contribution in [2.75, 3.05) is 6.54 Å². The third-order valence-corrected chi connectivity index (χ3v) is 1.53. The Morgan fingerprint density at radius 2 is 2.00 bits per heavy atom. The lowest BCUT2D eigenvalue weighted by Crippen LogP contribution is -2.24. The Hall–Kier alpha value is -0.0800. The third kappa shape index (κ3) is 1.14. The van der Waals surface area contributed by atoms with Crippen molar-refractivity contribution in [3.8, 4) is 0 Å². The minimum absolute atomic E-state index is 0.175. The molecule has 1 fully saturated rings. The van der Waals surface area contributed by atoms with Gasteiger partial charge in [0.1, 0.15) is 0 Å². The van der Waals surface area contributed by atoms with Gasteiger partial charge in [-0.1, -0.05) is 0 Å². The summed E-state index contributed by atoms with van der Waals surface area (Å²) in [4.78, 5) is 0. The lowest BCUT2D eigenvalue weighted by atomic mass is 10.2. The van der Waals surface area contributed by atoms with E-state index in [1.165, 1.54) is 12.8 Å². The van der Waals surface area contributed by atoms with Crippen LogP contribution in [0.5, 0.6) is 0 Å². The molecule has 4 N–H and O–H groups in total. The van der Waals surface area contributed by atoms with E-state index in [1.54, 1.807) is 0 Å². The van der Waals surface area contributed by atoms with Gasteiger partial charge in [-0.05, 0) is 25.8 Å². The van der Waals surface area contributed by atoms with E-state index in [4.69, 9.17) is 11.5 Å². The van der Waals surface area contributed by atoms with Gasteiger partial charge in [0.25, 0.3) is 0 Å². The molecule has 7 heavy (non-hydrogen) atoms. The van der Waals surface area contributed by atoms with E-state index in [-0.39, 0.29) is 5.54 Å². The van der Waals surface area contributed by atoms with E-state index in [2.05, 4.69) is 0 Å². The summed E-state index contributed by atoms with van der Waals surface area (Å²) in [7, 11) is 0. The maximum atomic E-state index is 5.68. The Morgan fingerprint density at radius 1 is 1.43 bits per heavy atom. The largest absolute Gasteiger partial charge is 0.330 e. The van der Waals surface area contributed by atoms with E-state index in [0.29, 0.717) is 0 Å². The molecule has 0 heterocycles. The monoisotopic (exact) mass is 100 g/mol. The average molecular weight is 100 g/mol. The maximum absolute atomic E-state index is 5.68. The average Bonchev–Trinajstić information content (AvgIpc) is 2.22. The van der Waals surface area contributed by atoms with Gasteiger partial charge in [0.2, 0.25) is 0 Å². The van der Waals surface area contributed by atoms with E-state index in [0.717, 1.165) is 13.0 Å². The highest BCUT2D eigenvalue weighted by Gasteiger charge is 2.36. The van der Waals surface area contributed by atoms with Crippen LogP contribution in [0.3, 0.4) is 0 Å². The molecule has 0 saturated heterocycles. The van der Waals surface area contributed by atoms with Crippen molar-refractivity contribution in [1.29, 1.82) is 0 Å². The van der Waals surface area contributed by atoms with Crippen LogP contribution in [0, 0.1) is 0 Å². The fourth-order valence-electron chi connectivity index (χ4n) is 0.698. The van der Waals surface area contributed by atoms with Gasteiger partial charge >= 0.3 is 0 Å². The normalized spacial score (nSPS) is 24.9. The predicted molar refractivity (Wildman–Crippen MR) is 29.8 cm³/mol. The number of nitrogens with two attached hydrogens (primary N) is 2. The minimum Gasteiger partial charge on any atom is -0.330 e. The van der Waals surface area contributed by atoms with Crippen molar-refractivity contribution in [3.05, 3.63) is 0 Å². The molecule has 1 rings (SSSR count). The Balaban J connectivity index is 2.13. The minimum atomic E-state index is 0.175. The number of hydrogen-bond acceptors (Lipinski definition) is 2. The first-order valence-corrected chi connectivity index (χ1v) is 2.76. The smallest absolute Gasteiger partial charge is 0.0167 e. The summed E-state index contributed by atoms with van der Waals surface area (Å²) in [6.07, 6.45) is 3.38. The molecule has 0 amide bonds. The van der Waals surface area contributed by atoms with Gasteiger partial charge in [0, 0.05) is 5.54 Å². The Morgan fingerprint density at radius 3 is 2.14 bits per heavy atom. The zero-order chi connectivity index (χ0) is 5.33. The van der Waals surface area contributed by atoms with Crippen molar-refractivity contribution in [2.24, 2.45) is 11.5 Å². The standard InChI is InChI=1S/C5H12N2/c6-4-3-5(7)1-2-5/h1-4,6-7H2. The van der Waals surface area contributed by atoms with Crippen molar-refractivity contribution in [3.63, 3.8) is 0 Å². The summed E-state index contributed by atoms with van der Waals surface area (Å²) < 4.78 is 0. The summed E-state index contributed by atoms with van der Waals surface area (Å²) >= 11 is 0. The van der Waals surface area contributed by atoms with Crippen LogP contribution in [0.15, 0.2) is 0 Å². The summed E-state index contributed by atoms with van der Waals surface area (Å²) in [5.41, 5.74) is 11.1. The molecule has 0 atom stereocenters. The van der Waals surface area contributed by atoms with Gasteiger partial charge in [-0.3, -0.25) is 0 Å². The Bertz CT molecular complexity index is 66.5. The summed E-state index contributed by atoms with van der Waals surface area (Å²) in [5, 5.41) is 0. The van der Waals surface area contributed by atoms with Gasteiger partial charge in [-0.15, -0.1) is 0 Å². The lowest BCUT2D eigenvalue weighted by molar-refractivity contribution is 0.619. The van der Waals surface area contributed by atoms with Gasteiger partial charge < -0.3 is 11.5 Å². The SMILES string of the molecule is NCCC1(N)CC1. The van der Waals surface area contributed by atoms with Crippen LogP contribution in [-0.4, -0.2) is 12.1 Å². The molecule has 2 heteroatoms. The Labute approximate surface area is 43.9 Å². The van der Waals surface area contributed by atoms with Crippen molar-refractivity contribution < 1.29 is 0 Å². The van der Waals surface area contributed by atoms with Crippen molar-refractivity contribution >= 4 is 0 Å². The molecule has 0 aliphatic heterocycles. The van der Waals surface area contributed by atoms with Crippen LogP contribution in [0.1, 0.15) is 19.3 Å². The number of rotatable bonds is 2. The first-order chi connectivity index (χ1) is 3.27. The highest BCUT2D eigenvalue weighted by molar-refractivity contribution is 4.98. The summed E-state index contributed by atoms with van der Waals surface area (Å²) in [6.45, 7) is 0.747. The van der Waals surface area contributed by atoms with Crippen molar-refractivity contribution in [1.82, 2.24) is 0 Å². The van der Waals surface area contributed by atoms with Crippen LogP contribution in [0.4, 0.5) is 0 Å². The van der Waals surface area contributed by atoms with Crippen LogP contribution in [0.25, 0.3) is 0 Å². The summed E-state index contributed by atoms with van der Waals surface area (Å²) in [5.74, 6) is 0. The second-order valence-corrected chi connectivity index (χ2v) is 2.40. The fraction of sp³-hybridized carbons (Fsp3) is 1.00. The molecule has 1 aliphatic rings. The zero-order valence-corrected chi connectivity index (χ0v) is 4.48. The molecule has 0 unspecified atom stereocenters. The molecule has 0 bridgehead atoms. The molecule has 0 radical (unpaired) electrons. The molecule has 2 nitrogen and oxygen atoms in total. The molecule has 0 aromatic heterocycles. The van der Waals surface area contributed by atoms with E-state index in [1.807, 2.05) is 0 Å². The molecule has 1 saturated carbocycles. The van der Waals surface area contributed by atoms with E-state index >= 15 is 0 Å². The van der Waals surface area contributed by atoms with Gasteiger partial charge in [-0.25, -0.2) is 0 Å². The van der Waals surface area contributed by atoms with Gasteiger partial charge in [0.15, 0.2) is 0 Å². The molecule has 42 valence electrons. The van der Waals surface area contributed by atoms with Crippen LogP contribution < -0.4 is 11.5 Å². The fourth-order valence-corrected chi connectivity index (χ4v) is 0.698. The molecule has 0 spiro atoms. The molecule has 0 aromatic rings. The van der Waals surface area contributed by atoms with Crippen LogP contribution >= 0.6 is 0 Å². The lowest BCUT2D eigenvalue weighted by Gasteiger charge is -2.02. The summed E-state index contributed by atoms with van der Waals surface area (Å²) in [6, 6.07) is 0. The van der Waals surface area contributed by atoms with Crippen molar-refractivity contribution in [2.45, 2.75) is 24.8 Å². The third-order valence-electron chi connectivity index (χ3n) is 1.53. The second-order valence-electron chi connectivity index (χ2n) is 2.40. The van der Waals surface area contributed by atoms with E-state index < -0.39 is 0 Å². The maximum Gasteiger partial charge on any atom is 0.0167 e. The molecule has 1 aliphatic carbocycles. The highest BCUT2D eigenvalue weighted by atomic mass is 14.8. The van der Waals surface area contributed by atoms with Crippen LogP contribution in [-0.2, 0) is 0 Å². The number of hydrogen-bond donors (Lipinski definition) is 2. The zero-order valence-electron chi connectivity index (χ0n) is 4.48. The van der Waals surface area contributed by atoms with E-state index in [9.17, 15) is 0 Å². The van der Waals surface area contributed by atoms with Gasteiger partial charge in [0.05, 0.1) is 0 Å². The molecule has 0 aromatic carbocycles. The molecular weight excluding hydrogens is 88.1 g/mol. The highest BCUT2D eigenvalue weighted by Crippen LogP contribution is 2.34. The first kappa shape index (κ1) is 5.06. The Kier molecular flexibility index (Phi) is 1.05. The van der Waals surface area contributed by atoms with Gasteiger partial charge in [-0.2, -0.15) is 0 Å². The molecular formula is C5H12N2. The topological polar surface area (TPSA) is 52.0 Å². The van der Waals surface area contributed by atoms with Crippen LogP contribution in [0.2, 0.25) is 0 Å². The first-order valence-electron chi connectivity index (χ1n) is 2.76. The quantitative estimate of drug-likeness (QED) is 0.506.